The van der Waals surface area contributed by atoms with Gasteiger partial charge in [-0.1, -0.05) is 0 Å². The zero-order chi connectivity index (χ0) is 7.11. The summed E-state index contributed by atoms with van der Waals surface area (Å²) in [5, 5.41) is 4.03. The summed E-state index contributed by atoms with van der Waals surface area (Å²) in [6.07, 6.45) is 1.49. The van der Waals surface area contributed by atoms with Crippen molar-refractivity contribution in [1.82, 2.24) is 0 Å². The lowest BCUT2D eigenvalue weighted by Gasteiger charge is -1.86. The van der Waals surface area contributed by atoms with E-state index in [4.69, 9.17) is 4.25 Å². The molecule has 0 rings (SSSR count). The summed E-state index contributed by atoms with van der Waals surface area (Å²) in [7, 11) is 0. The van der Waals surface area contributed by atoms with Crippen LogP contribution in [0.1, 0.15) is 12.8 Å². The van der Waals surface area contributed by atoms with Crippen LogP contribution in [0.3, 0.4) is 0 Å². The van der Waals surface area contributed by atoms with E-state index in [1.54, 1.807) is 0 Å². The Bertz CT molecular complexity index is 61.8. The Kier molecular flexibility index (Phi) is 1.87. The van der Waals surface area contributed by atoms with E-state index in [9.17, 15) is 0 Å². The standard InChI is InChI=1S/C4H11NO/c5-3-1-2-4-6/h6H,1-5H2/i6D/hD2. The van der Waals surface area contributed by atoms with Crippen LogP contribution in [0.25, 0.3) is 0 Å². The first kappa shape index (κ1) is 2.28. The van der Waals surface area contributed by atoms with Gasteiger partial charge in [0.2, 0.25) is 1.43 Å². The first-order valence-electron chi connectivity index (χ1n) is 3.41. The first-order chi connectivity index (χ1) is 4.27. The van der Waals surface area contributed by atoms with E-state index in [-0.39, 0.29) is 0 Å². The fraction of sp³-hybridized carbons (Fsp3) is 1.00. The second-order valence-electron chi connectivity index (χ2n) is 1.13. The van der Waals surface area contributed by atoms with Crippen molar-refractivity contribution in [1.29, 1.82) is 1.43 Å². The first-order valence-corrected chi connectivity index (χ1v) is 2.10. The Morgan fingerprint density at radius 1 is 1.83 bits per heavy atom. The van der Waals surface area contributed by atoms with Gasteiger partial charge in [-0.05, 0) is 19.4 Å². The third-order valence-corrected chi connectivity index (χ3v) is 0.552. The summed E-state index contributed by atoms with van der Waals surface area (Å²) in [4.78, 5) is 0. The van der Waals surface area contributed by atoms with Crippen LogP contribution in [0.4, 0.5) is 0 Å². The minimum atomic E-state index is 0.397. The van der Waals surface area contributed by atoms with Gasteiger partial charge in [-0.2, -0.15) is 0 Å². The van der Waals surface area contributed by atoms with E-state index < -0.39 is 0 Å². The third-order valence-electron chi connectivity index (χ3n) is 0.552. The summed E-state index contributed by atoms with van der Waals surface area (Å²) in [5.74, 6) is 0. The highest BCUT2D eigenvalue weighted by Gasteiger charge is 1.76. The van der Waals surface area contributed by atoms with E-state index in [0.717, 1.165) is 12.8 Å². The van der Waals surface area contributed by atoms with Gasteiger partial charge in [0, 0.05) is 6.61 Å². The van der Waals surface area contributed by atoms with Gasteiger partial charge in [0.25, 0.3) is 0 Å². The Balaban J connectivity index is 2.75. The van der Waals surface area contributed by atoms with Gasteiger partial charge >= 0.3 is 0 Å². The van der Waals surface area contributed by atoms with E-state index >= 15 is 0 Å². The minimum Gasteiger partial charge on any atom is -0.396 e. The van der Waals surface area contributed by atoms with Crippen molar-refractivity contribution in [3.05, 3.63) is 0 Å². The number of aliphatic hydroxyl groups excluding tert-OH is 1. The molecule has 3 N–H and O–H groups in total. The van der Waals surface area contributed by atoms with Gasteiger partial charge in [0.05, 0.1) is 0 Å². The minimum absolute atomic E-state index is 0.397. The quantitative estimate of drug-likeness (QED) is 0.458. The van der Waals surface area contributed by atoms with Crippen molar-refractivity contribution in [2.75, 3.05) is 13.2 Å². The summed E-state index contributed by atoms with van der Waals surface area (Å²) in [6, 6.07) is 0. The molecule has 0 aromatic carbocycles. The highest BCUT2D eigenvalue weighted by atomic mass is 16.2. The highest BCUT2D eigenvalue weighted by Crippen LogP contribution is 1.79. The van der Waals surface area contributed by atoms with Gasteiger partial charge in [0.15, 0.2) is 0 Å². The summed E-state index contributed by atoms with van der Waals surface area (Å²) in [5.41, 5.74) is 0.629. The molecule has 2 heteroatoms. The predicted octanol–water partition coefficient (Wildman–Crippen LogP) is -0.282. The van der Waals surface area contributed by atoms with Gasteiger partial charge in [-0.3, -0.25) is 0 Å². The molecule has 0 amide bonds. The van der Waals surface area contributed by atoms with Crippen LogP contribution in [-0.4, -0.2) is 19.7 Å². The lowest BCUT2D eigenvalue weighted by molar-refractivity contribution is 0.285. The second kappa shape index (κ2) is 4.92. The van der Waals surface area contributed by atoms with Gasteiger partial charge in [-0.25, -0.2) is 0 Å². The van der Waals surface area contributed by atoms with E-state index in [2.05, 4.69) is 5.11 Å². The average Bonchev–Trinajstić information content (AvgIpc) is 1.80. The predicted molar refractivity (Wildman–Crippen MR) is 25.4 cm³/mol. The SMILES string of the molecule is [2H]OCCCCN([2H])[2H]. The Morgan fingerprint density at radius 3 is 3.50 bits per heavy atom. The van der Waals surface area contributed by atoms with Crippen molar-refractivity contribution in [3.8, 4) is 0 Å². The van der Waals surface area contributed by atoms with Crippen LogP contribution in [0.15, 0.2) is 0 Å². The van der Waals surface area contributed by atoms with Crippen molar-refractivity contribution in [2.45, 2.75) is 12.8 Å². The molecular formula is C4H11NO. The largest absolute Gasteiger partial charge is 0.396 e. The number of rotatable bonds is 5. The maximum Gasteiger partial charge on any atom is 0.210 e. The monoisotopic (exact) mass is 92.1 g/mol. The Labute approximate surface area is 42.4 Å². The van der Waals surface area contributed by atoms with Crippen molar-refractivity contribution >= 4 is 0 Å². The van der Waals surface area contributed by atoms with Crippen molar-refractivity contribution in [3.63, 3.8) is 0 Å². The number of unbranched alkanes of at least 4 members (excludes halogenated alkanes) is 1. The highest BCUT2D eigenvalue weighted by molar-refractivity contribution is 4.34. The van der Waals surface area contributed by atoms with Gasteiger partial charge in [-0.15, -0.1) is 0 Å². The number of hydrogen-bond donors (Lipinski definition) is 2. The molecule has 0 bridgehead atoms. The van der Waals surface area contributed by atoms with Crippen molar-refractivity contribution in [2.24, 2.45) is 5.72 Å². The Morgan fingerprint density at radius 2 is 2.83 bits per heavy atom. The molecule has 38 valence electrons. The molecule has 6 heavy (non-hydrogen) atoms. The normalized spacial score (nSPS) is 16.5. The van der Waals surface area contributed by atoms with Crippen LogP contribution >= 0.6 is 0 Å². The molecule has 0 saturated heterocycles. The van der Waals surface area contributed by atoms with E-state index in [0.29, 0.717) is 18.9 Å². The summed E-state index contributed by atoms with van der Waals surface area (Å²) >= 11 is 0. The van der Waals surface area contributed by atoms with Gasteiger partial charge < -0.3 is 10.8 Å². The lowest BCUT2D eigenvalue weighted by Crippen LogP contribution is -1.98. The smallest absolute Gasteiger partial charge is 0.210 e. The molecule has 0 aromatic rings. The molecule has 0 aliphatic heterocycles. The van der Waals surface area contributed by atoms with E-state index in [1.807, 2.05) is 0 Å². The zero-order valence-corrected chi connectivity index (χ0v) is 3.68. The maximum absolute atomic E-state index is 6.63. The molecule has 2 nitrogen and oxygen atoms in total. The van der Waals surface area contributed by atoms with Crippen molar-refractivity contribution < 1.29 is 7.93 Å². The Hall–Kier alpha value is -0.0800. The average molecular weight is 92.2 g/mol. The molecule has 0 aliphatic carbocycles. The number of hydrogen-bond acceptors (Lipinski definition) is 2. The molecular weight excluding hydrogens is 78.0 g/mol. The third kappa shape index (κ3) is 3.92. The molecule has 0 aromatic heterocycles. The van der Waals surface area contributed by atoms with E-state index in [1.165, 1.54) is 0 Å². The lowest BCUT2D eigenvalue weighted by atomic mass is 10.3. The van der Waals surface area contributed by atoms with Crippen LogP contribution in [0.5, 0.6) is 0 Å². The molecule has 0 saturated carbocycles. The van der Waals surface area contributed by atoms with Crippen LogP contribution in [0.2, 0.25) is 2.82 Å². The summed E-state index contributed by atoms with van der Waals surface area (Å²) < 4.78 is 19.5. The number of aliphatic hydroxyl groups is 1. The number of nitrogens with two attached hydrogens (primary N) is 1. The maximum atomic E-state index is 6.63. The van der Waals surface area contributed by atoms with Crippen LogP contribution in [0, 0.1) is 0 Å². The molecule has 0 radical (unpaired) electrons. The van der Waals surface area contributed by atoms with Gasteiger partial charge in [0.1, 0.15) is 2.82 Å². The van der Waals surface area contributed by atoms with Crippen LogP contribution in [-0.2, 0) is 0 Å². The molecule has 0 aliphatic rings. The molecule has 0 atom stereocenters. The topological polar surface area (TPSA) is 46.2 Å². The van der Waals surface area contributed by atoms with Crippen LogP contribution < -0.4 is 5.72 Å². The molecule has 0 heterocycles. The molecule has 0 fully saturated rings. The zero-order valence-electron chi connectivity index (χ0n) is 6.68. The fourth-order valence-corrected chi connectivity index (χ4v) is 0.214. The second-order valence-corrected chi connectivity index (χ2v) is 1.13. The summed E-state index contributed by atoms with van der Waals surface area (Å²) in [6.45, 7) is 0.817. The fourth-order valence-electron chi connectivity index (χ4n) is 0.214. The molecule has 0 unspecified atom stereocenters. The molecule has 0 spiro atoms.